The summed E-state index contributed by atoms with van der Waals surface area (Å²) in [6.45, 7) is -0.0934. The SMILES string of the molecule is NC1(CO)CCCc2cc(Cl)oc21. The largest absolute Gasteiger partial charge is 0.447 e. The smallest absolute Gasteiger partial charge is 0.193 e. The van der Waals surface area contributed by atoms with Crippen molar-refractivity contribution in [3.05, 3.63) is 22.6 Å². The van der Waals surface area contributed by atoms with Crippen LogP contribution < -0.4 is 5.73 Å². The summed E-state index contributed by atoms with van der Waals surface area (Å²) in [6, 6.07) is 1.79. The van der Waals surface area contributed by atoms with Gasteiger partial charge in [0.1, 0.15) is 5.76 Å². The molecular weight excluding hydrogens is 190 g/mol. The zero-order valence-corrected chi connectivity index (χ0v) is 7.97. The van der Waals surface area contributed by atoms with Crippen LogP contribution in [0.2, 0.25) is 5.22 Å². The van der Waals surface area contributed by atoms with Gasteiger partial charge in [0.15, 0.2) is 5.22 Å². The Balaban J connectivity index is 2.47. The van der Waals surface area contributed by atoms with E-state index in [1.807, 2.05) is 0 Å². The van der Waals surface area contributed by atoms with Gasteiger partial charge in [0.25, 0.3) is 0 Å². The van der Waals surface area contributed by atoms with Crippen LogP contribution in [0.4, 0.5) is 0 Å². The van der Waals surface area contributed by atoms with Gasteiger partial charge in [-0.25, -0.2) is 0 Å². The average molecular weight is 202 g/mol. The molecule has 1 aromatic heterocycles. The molecule has 1 aliphatic rings. The molecule has 0 saturated carbocycles. The summed E-state index contributed by atoms with van der Waals surface area (Å²) >= 11 is 5.73. The lowest BCUT2D eigenvalue weighted by Gasteiger charge is -2.29. The third-order valence-electron chi connectivity index (χ3n) is 2.58. The highest BCUT2D eigenvalue weighted by atomic mass is 35.5. The first-order valence-electron chi connectivity index (χ1n) is 4.34. The van der Waals surface area contributed by atoms with Crippen LogP contribution >= 0.6 is 11.6 Å². The van der Waals surface area contributed by atoms with Gasteiger partial charge in [0, 0.05) is 0 Å². The van der Waals surface area contributed by atoms with E-state index < -0.39 is 5.54 Å². The molecule has 1 unspecified atom stereocenters. The maximum atomic E-state index is 9.18. The molecule has 1 aromatic rings. The minimum Gasteiger partial charge on any atom is -0.447 e. The summed E-state index contributed by atoms with van der Waals surface area (Å²) in [5.74, 6) is 0.659. The Labute approximate surface area is 81.5 Å². The monoisotopic (exact) mass is 201 g/mol. The third-order valence-corrected chi connectivity index (χ3v) is 2.77. The van der Waals surface area contributed by atoms with Crippen molar-refractivity contribution in [1.82, 2.24) is 0 Å². The van der Waals surface area contributed by atoms with Crippen LogP contribution in [0.15, 0.2) is 10.5 Å². The molecule has 3 N–H and O–H groups in total. The summed E-state index contributed by atoms with van der Waals surface area (Å²) in [5.41, 5.74) is 6.29. The van der Waals surface area contributed by atoms with Crippen LogP contribution in [0.1, 0.15) is 24.2 Å². The zero-order valence-electron chi connectivity index (χ0n) is 7.22. The Kier molecular flexibility index (Phi) is 2.10. The first-order chi connectivity index (χ1) is 6.15. The number of aryl methyl sites for hydroxylation is 1. The molecule has 72 valence electrons. The van der Waals surface area contributed by atoms with Gasteiger partial charge in [-0.1, -0.05) is 0 Å². The number of halogens is 1. The van der Waals surface area contributed by atoms with Gasteiger partial charge in [-0.05, 0) is 42.5 Å². The van der Waals surface area contributed by atoms with E-state index in [0.717, 1.165) is 24.8 Å². The van der Waals surface area contributed by atoms with Gasteiger partial charge >= 0.3 is 0 Å². The second kappa shape index (κ2) is 3.01. The number of rotatable bonds is 1. The summed E-state index contributed by atoms with van der Waals surface area (Å²) in [5, 5.41) is 9.53. The first kappa shape index (κ1) is 9.06. The van der Waals surface area contributed by atoms with E-state index in [1.54, 1.807) is 6.07 Å². The fourth-order valence-electron chi connectivity index (χ4n) is 1.86. The first-order valence-corrected chi connectivity index (χ1v) is 4.72. The highest BCUT2D eigenvalue weighted by Crippen LogP contribution is 2.36. The predicted octanol–water partition coefficient (Wildman–Crippen LogP) is 1.42. The lowest BCUT2D eigenvalue weighted by atomic mass is 9.83. The van der Waals surface area contributed by atoms with E-state index in [-0.39, 0.29) is 6.61 Å². The quantitative estimate of drug-likeness (QED) is 0.723. The van der Waals surface area contributed by atoms with Crippen molar-refractivity contribution in [2.45, 2.75) is 24.8 Å². The van der Waals surface area contributed by atoms with Gasteiger partial charge in [0.2, 0.25) is 0 Å². The van der Waals surface area contributed by atoms with Crippen molar-refractivity contribution in [1.29, 1.82) is 0 Å². The molecule has 1 aliphatic carbocycles. The highest BCUT2D eigenvalue weighted by molar-refractivity contribution is 6.28. The van der Waals surface area contributed by atoms with Crippen LogP contribution in [0.5, 0.6) is 0 Å². The second-order valence-electron chi connectivity index (χ2n) is 3.57. The van der Waals surface area contributed by atoms with Crippen LogP contribution in [-0.4, -0.2) is 11.7 Å². The number of hydrogen-bond acceptors (Lipinski definition) is 3. The lowest BCUT2D eigenvalue weighted by Crippen LogP contribution is -2.42. The topological polar surface area (TPSA) is 59.4 Å². The van der Waals surface area contributed by atoms with Gasteiger partial charge in [0.05, 0.1) is 12.1 Å². The minimum absolute atomic E-state index is 0.0934. The van der Waals surface area contributed by atoms with Gasteiger partial charge < -0.3 is 15.3 Å². The molecule has 0 aromatic carbocycles. The van der Waals surface area contributed by atoms with E-state index in [0.29, 0.717) is 11.0 Å². The number of aliphatic hydroxyl groups excluding tert-OH is 1. The molecule has 0 spiro atoms. The van der Waals surface area contributed by atoms with E-state index in [9.17, 15) is 5.11 Å². The summed E-state index contributed by atoms with van der Waals surface area (Å²) in [7, 11) is 0. The van der Waals surface area contributed by atoms with E-state index >= 15 is 0 Å². The van der Waals surface area contributed by atoms with Gasteiger partial charge in [-0.15, -0.1) is 0 Å². The van der Waals surface area contributed by atoms with Crippen molar-refractivity contribution in [2.24, 2.45) is 5.73 Å². The third kappa shape index (κ3) is 1.37. The van der Waals surface area contributed by atoms with Crippen molar-refractivity contribution in [3.63, 3.8) is 0 Å². The van der Waals surface area contributed by atoms with Crippen molar-refractivity contribution >= 4 is 11.6 Å². The number of nitrogens with two attached hydrogens (primary N) is 1. The van der Waals surface area contributed by atoms with E-state index in [1.165, 1.54) is 0 Å². The molecule has 3 nitrogen and oxygen atoms in total. The predicted molar refractivity (Wildman–Crippen MR) is 49.6 cm³/mol. The van der Waals surface area contributed by atoms with Crippen LogP contribution in [-0.2, 0) is 12.0 Å². The standard InChI is InChI=1S/C9H12ClNO2/c10-7-4-6-2-1-3-9(11,5-12)8(6)13-7/h4,12H,1-3,5,11H2. The molecule has 0 radical (unpaired) electrons. The molecule has 1 heterocycles. The fraction of sp³-hybridized carbons (Fsp3) is 0.556. The molecule has 0 amide bonds. The highest BCUT2D eigenvalue weighted by Gasteiger charge is 2.35. The van der Waals surface area contributed by atoms with E-state index in [4.69, 9.17) is 21.8 Å². The number of furan rings is 1. The molecular formula is C9H12ClNO2. The van der Waals surface area contributed by atoms with Crippen molar-refractivity contribution in [3.8, 4) is 0 Å². The Bertz CT molecular complexity index is 323. The molecule has 4 heteroatoms. The summed E-state index contributed by atoms with van der Waals surface area (Å²) in [4.78, 5) is 0. The summed E-state index contributed by atoms with van der Waals surface area (Å²) < 4.78 is 5.29. The molecule has 0 fully saturated rings. The van der Waals surface area contributed by atoms with Crippen molar-refractivity contribution < 1.29 is 9.52 Å². The van der Waals surface area contributed by atoms with Gasteiger partial charge in [-0.3, -0.25) is 0 Å². The number of aliphatic hydroxyl groups is 1. The Morgan fingerprint density at radius 1 is 1.69 bits per heavy atom. The molecule has 0 saturated heterocycles. The molecule has 0 bridgehead atoms. The maximum absolute atomic E-state index is 9.18. The number of fused-ring (bicyclic) bond motifs is 1. The molecule has 0 aliphatic heterocycles. The normalized spacial score (nSPS) is 27.3. The second-order valence-corrected chi connectivity index (χ2v) is 3.95. The van der Waals surface area contributed by atoms with E-state index in [2.05, 4.69) is 0 Å². The van der Waals surface area contributed by atoms with Crippen molar-refractivity contribution in [2.75, 3.05) is 6.61 Å². The van der Waals surface area contributed by atoms with Gasteiger partial charge in [-0.2, -0.15) is 0 Å². The van der Waals surface area contributed by atoms with Crippen LogP contribution in [0.25, 0.3) is 0 Å². The molecule has 2 rings (SSSR count). The Morgan fingerprint density at radius 3 is 3.15 bits per heavy atom. The number of hydrogen-bond donors (Lipinski definition) is 2. The molecule has 1 atom stereocenters. The lowest BCUT2D eigenvalue weighted by molar-refractivity contribution is 0.155. The molecule has 13 heavy (non-hydrogen) atoms. The fourth-order valence-corrected chi connectivity index (χ4v) is 2.07. The van der Waals surface area contributed by atoms with Crippen LogP contribution in [0, 0.1) is 0 Å². The summed E-state index contributed by atoms with van der Waals surface area (Å²) in [6.07, 6.45) is 2.66. The minimum atomic E-state index is -0.722. The average Bonchev–Trinajstić information content (AvgIpc) is 2.48. The Hall–Kier alpha value is -0.510. The zero-order chi connectivity index (χ0) is 9.47. The Morgan fingerprint density at radius 2 is 2.46 bits per heavy atom. The van der Waals surface area contributed by atoms with Crippen LogP contribution in [0.3, 0.4) is 0 Å². The maximum Gasteiger partial charge on any atom is 0.193 e.